The van der Waals surface area contributed by atoms with E-state index in [1.807, 2.05) is 36.4 Å². The zero-order valence-corrected chi connectivity index (χ0v) is 14.0. The number of nitrogen functional groups attached to an aromatic ring is 1. The summed E-state index contributed by atoms with van der Waals surface area (Å²) in [5, 5.41) is 11.9. The molecule has 0 aliphatic heterocycles. The van der Waals surface area contributed by atoms with Crippen molar-refractivity contribution in [3.63, 3.8) is 0 Å². The molecule has 0 amide bonds. The first kappa shape index (κ1) is 16.8. The van der Waals surface area contributed by atoms with Crippen molar-refractivity contribution in [1.29, 1.82) is 5.26 Å². The molecule has 128 valence electrons. The van der Waals surface area contributed by atoms with E-state index in [2.05, 4.69) is 21.3 Å². The van der Waals surface area contributed by atoms with Gasteiger partial charge < -0.3 is 10.5 Å². The van der Waals surface area contributed by atoms with Crippen LogP contribution < -0.4 is 10.5 Å². The number of nitriles is 1. The van der Waals surface area contributed by atoms with Crippen molar-refractivity contribution < 1.29 is 4.74 Å². The van der Waals surface area contributed by atoms with Crippen LogP contribution in [0.4, 0.5) is 5.82 Å². The maximum atomic E-state index is 6.50. The molecule has 0 unspecified atom stereocenters. The number of hydrogen-bond donors (Lipinski definition) is 1. The van der Waals surface area contributed by atoms with Gasteiger partial charge in [0.2, 0.25) is 5.88 Å². The number of pyridine rings is 1. The van der Waals surface area contributed by atoms with Gasteiger partial charge in [-0.2, -0.15) is 5.10 Å². The third-order valence-electron chi connectivity index (χ3n) is 4.50. The summed E-state index contributed by atoms with van der Waals surface area (Å²) in [6.45, 7) is 3.97. The molecule has 1 aliphatic rings. The van der Waals surface area contributed by atoms with E-state index in [1.54, 1.807) is 6.20 Å². The summed E-state index contributed by atoms with van der Waals surface area (Å²) in [7, 11) is 0. The van der Waals surface area contributed by atoms with E-state index < -0.39 is 0 Å². The molecule has 2 N–H and O–H groups in total. The van der Waals surface area contributed by atoms with E-state index in [0.29, 0.717) is 24.3 Å². The predicted octanol–water partition coefficient (Wildman–Crippen LogP) is 3.85. The van der Waals surface area contributed by atoms with Crippen LogP contribution >= 0.6 is 0 Å². The SMILES string of the molecule is C#N.Nc1nn(C2CCCC2)c2ccnc(OCc3ccccc3)c12. The summed E-state index contributed by atoms with van der Waals surface area (Å²) in [6.07, 6.45) is 6.62. The van der Waals surface area contributed by atoms with Gasteiger partial charge >= 0.3 is 0 Å². The molecule has 2 aromatic heterocycles. The average molecular weight is 335 g/mol. The number of ether oxygens (including phenoxy) is 1. The highest BCUT2D eigenvalue weighted by molar-refractivity contribution is 5.93. The topological polar surface area (TPSA) is 89.8 Å². The van der Waals surface area contributed by atoms with Crippen LogP contribution in [0.3, 0.4) is 0 Å². The standard InChI is InChI=1S/C18H20N4O.CHN/c19-17-16-15(22(21-17)14-8-4-5-9-14)10-11-20-18(16)23-12-13-6-2-1-3-7-13;1-2/h1-3,6-7,10-11,14H,4-5,8-9,12H2,(H2,19,21);1H. The number of anilines is 1. The fourth-order valence-electron chi connectivity index (χ4n) is 3.35. The third-order valence-corrected chi connectivity index (χ3v) is 4.50. The Balaban J connectivity index is 0.000000880. The Morgan fingerprint density at radius 1 is 1.16 bits per heavy atom. The molecular weight excluding hydrogens is 314 g/mol. The molecule has 2 heterocycles. The first-order valence-electron chi connectivity index (χ1n) is 8.38. The number of benzene rings is 1. The first-order chi connectivity index (χ1) is 12.3. The van der Waals surface area contributed by atoms with E-state index in [1.165, 1.54) is 25.7 Å². The van der Waals surface area contributed by atoms with Gasteiger partial charge in [-0.25, -0.2) is 10.2 Å². The van der Waals surface area contributed by atoms with Gasteiger partial charge in [0, 0.05) is 12.8 Å². The molecule has 0 spiro atoms. The van der Waals surface area contributed by atoms with Gasteiger partial charge in [0.25, 0.3) is 0 Å². The largest absolute Gasteiger partial charge is 0.472 e. The van der Waals surface area contributed by atoms with Gasteiger partial charge in [0.15, 0.2) is 5.82 Å². The van der Waals surface area contributed by atoms with E-state index in [0.717, 1.165) is 16.5 Å². The second kappa shape index (κ2) is 7.67. The second-order valence-electron chi connectivity index (χ2n) is 6.05. The molecular formula is C19H21N5O. The van der Waals surface area contributed by atoms with Crippen LogP contribution in [0.2, 0.25) is 0 Å². The molecule has 1 aliphatic carbocycles. The summed E-state index contributed by atoms with van der Waals surface area (Å²) < 4.78 is 7.98. The Hall–Kier alpha value is -3.07. The lowest BCUT2D eigenvalue weighted by atomic mass is 10.2. The van der Waals surface area contributed by atoms with Gasteiger partial charge in [0.1, 0.15) is 12.0 Å². The molecule has 1 aromatic carbocycles. The van der Waals surface area contributed by atoms with Gasteiger partial charge in [-0.05, 0) is 24.5 Å². The fourth-order valence-corrected chi connectivity index (χ4v) is 3.35. The lowest BCUT2D eigenvalue weighted by molar-refractivity contribution is 0.298. The molecule has 3 aromatic rings. The van der Waals surface area contributed by atoms with Crippen molar-refractivity contribution >= 4 is 16.7 Å². The van der Waals surface area contributed by atoms with Gasteiger partial charge in [-0.3, -0.25) is 4.68 Å². The molecule has 0 saturated heterocycles. The third kappa shape index (κ3) is 3.41. The molecule has 1 fully saturated rings. The van der Waals surface area contributed by atoms with Crippen LogP contribution in [0.1, 0.15) is 37.3 Å². The Morgan fingerprint density at radius 3 is 2.60 bits per heavy atom. The number of fused-ring (bicyclic) bond motifs is 1. The lowest BCUT2D eigenvalue weighted by Crippen LogP contribution is -2.06. The molecule has 0 radical (unpaired) electrons. The van der Waals surface area contributed by atoms with Crippen LogP contribution in [0.25, 0.3) is 10.9 Å². The highest BCUT2D eigenvalue weighted by Gasteiger charge is 2.22. The molecule has 25 heavy (non-hydrogen) atoms. The minimum Gasteiger partial charge on any atom is -0.472 e. The van der Waals surface area contributed by atoms with E-state index in [9.17, 15) is 0 Å². The summed E-state index contributed by atoms with van der Waals surface area (Å²) in [6, 6.07) is 12.5. The van der Waals surface area contributed by atoms with Crippen molar-refractivity contribution in [3.8, 4) is 12.5 Å². The number of nitrogens with zero attached hydrogens (tertiary/aromatic N) is 4. The van der Waals surface area contributed by atoms with Crippen molar-refractivity contribution in [1.82, 2.24) is 14.8 Å². The normalized spacial score (nSPS) is 14.2. The zero-order valence-electron chi connectivity index (χ0n) is 14.0. The Bertz CT molecular complexity index is 850. The van der Waals surface area contributed by atoms with Crippen molar-refractivity contribution in [2.75, 3.05) is 5.73 Å². The van der Waals surface area contributed by atoms with Crippen LogP contribution in [-0.4, -0.2) is 14.8 Å². The summed E-state index contributed by atoms with van der Waals surface area (Å²) in [4.78, 5) is 4.37. The predicted molar refractivity (Wildman–Crippen MR) is 96.9 cm³/mol. The first-order valence-corrected chi connectivity index (χ1v) is 8.38. The number of nitrogens with two attached hydrogens (primary N) is 1. The van der Waals surface area contributed by atoms with Gasteiger partial charge in [-0.15, -0.1) is 0 Å². The lowest BCUT2D eigenvalue weighted by Gasteiger charge is -2.11. The summed E-state index contributed by atoms with van der Waals surface area (Å²) in [5.41, 5.74) is 8.29. The van der Waals surface area contributed by atoms with Crippen molar-refractivity contribution in [2.45, 2.75) is 38.3 Å². The quantitative estimate of drug-likeness (QED) is 0.782. The van der Waals surface area contributed by atoms with E-state index in [4.69, 9.17) is 15.7 Å². The van der Waals surface area contributed by atoms with E-state index >= 15 is 0 Å². The Kier molecular flexibility index (Phi) is 5.14. The fraction of sp³-hybridized carbons (Fsp3) is 0.316. The van der Waals surface area contributed by atoms with Crippen molar-refractivity contribution in [2.24, 2.45) is 0 Å². The maximum Gasteiger partial charge on any atom is 0.227 e. The molecule has 6 nitrogen and oxygen atoms in total. The average Bonchev–Trinajstić information content (AvgIpc) is 3.31. The summed E-state index contributed by atoms with van der Waals surface area (Å²) in [5.74, 6) is 1.07. The second-order valence-corrected chi connectivity index (χ2v) is 6.05. The van der Waals surface area contributed by atoms with Crippen LogP contribution in [0.15, 0.2) is 42.6 Å². The molecule has 0 atom stereocenters. The molecule has 4 rings (SSSR count). The Labute approximate surface area is 146 Å². The number of hydrogen-bond acceptors (Lipinski definition) is 5. The molecule has 1 saturated carbocycles. The molecule has 6 heteroatoms. The monoisotopic (exact) mass is 335 g/mol. The maximum absolute atomic E-state index is 6.50. The minimum atomic E-state index is 0.444. The summed E-state index contributed by atoms with van der Waals surface area (Å²) >= 11 is 0. The van der Waals surface area contributed by atoms with Crippen LogP contribution in [0, 0.1) is 11.8 Å². The minimum absolute atomic E-state index is 0.444. The highest BCUT2D eigenvalue weighted by Crippen LogP contribution is 2.36. The number of aromatic nitrogens is 3. The van der Waals surface area contributed by atoms with Gasteiger partial charge in [-0.1, -0.05) is 43.2 Å². The Morgan fingerprint density at radius 2 is 1.88 bits per heavy atom. The van der Waals surface area contributed by atoms with Gasteiger partial charge in [0.05, 0.1) is 11.6 Å². The number of rotatable bonds is 4. The smallest absolute Gasteiger partial charge is 0.227 e. The van der Waals surface area contributed by atoms with Crippen LogP contribution in [0.5, 0.6) is 5.88 Å². The zero-order chi connectivity index (χ0) is 17.6. The van der Waals surface area contributed by atoms with Crippen molar-refractivity contribution in [3.05, 3.63) is 48.2 Å². The van der Waals surface area contributed by atoms with E-state index in [-0.39, 0.29) is 0 Å². The van der Waals surface area contributed by atoms with Crippen LogP contribution in [-0.2, 0) is 6.61 Å². The highest BCUT2D eigenvalue weighted by atomic mass is 16.5. The molecule has 0 bridgehead atoms.